The van der Waals surface area contributed by atoms with Crippen LogP contribution in [-0.2, 0) is 0 Å². The van der Waals surface area contributed by atoms with Crippen LogP contribution in [0.25, 0.3) is 0 Å². The third-order valence-electron chi connectivity index (χ3n) is 4.93. The number of nitrogens with two attached hydrogens (primary N) is 1. The zero-order valence-corrected chi connectivity index (χ0v) is 15.9. The molecule has 1 aromatic carbocycles. The van der Waals surface area contributed by atoms with Gasteiger partial charge in [0.1, 0.15) is 5.75 Å². The first-order valence-electron chi connectivity index (χ1n) is 9.34. The van der Waals surface area contributed by atoms with Crippen LogP contribution >= 0.6 is 0 Å². The van der Waals surface area contributed by atoms with Gasteiger partial charge in [0.15, 0.2) is 0 Å². The number of aromatic nitrogens is 2. The number of phenols is 1. The van der Waals surface area contributed by atoms with E-state index in [2.05, 4.69) is 20.6 Å². The van der Waals surface area contributed by atoms with Crippen LogP contribution in [0.15, 0.2) is 24.3 Å². The number of nitrogens with one attached hydrogen (secondary N) is 2. The molecule has 3 rings (SSSR count). The minimum Gasteiger partial charge on any atom is -0.507 e. The monoisotopic (exact) mass is 369 g/mol. The number of carbonyl (C=O) groups is 1. The van der Waals surface area contributed by atoms with Crippen LogP contribution in [0.1, 0.15) is 53.8 Å². The first-order chi connectivity index (χ1) is 12.8. The van der Waals surface area contributed by atoms with Gasteiger partial charge >= 0.3 is 0 Å². The lowest BCUT2D eigenvalue weighted by molar-refractivity contribution is 0.0935. The Balaban J connectivity index is 1.71. The molecule has 1 aliphatic carbocycles. The summed E-state index contributed by atoms with van der Waals surface area (Å²) in [5, 5.41) is 16.1. The maximum atomic E-state index is 12.6. The number of phenolic OH excluding ortho intramolecular Hbond substituents is 1. The molecular weight excluding hydrogens is 342 g/mol. The normalized spacial score (nSPS) is 16.0. The Morgan fingerprint density at radius 2 is 1.81 bits per heavy atom. The molecule has 27 heavy (non-hydrogen) atoms. The highest BCUT2D eigenvalue weighted by Gasteiger charge is 2.28. The standard InChI is InChI=1S/C20H27N5O2/c1-13-10-14(2)24-19(23-13)25-15-6-7-17(26)16(11-15)18(27)22-12-20(21)8-4-3-5-9-20/h6-7,10-11,26H,3-5,8-9,12,21H2,1-2H3,(H,22,27)(H,23,24,25). The first-order valence-corrected chi connectivity index (χ1v) is 9.34. The Kier molecular flexibility index (Phi) is 5.60. The van der Waals surface area contributed by atoms with Gasteiger partial charge in [0.05, 0.1) is 5.56 Å². The van der Waals surface area contributed by atoms with Crippen molar-refractivity contribution in [3.05, 3.63) is 41.2 Å². The van der Waals surface area contributed by atoms with Crippen molar-refractivity contribution in [1.82, 2.24) is 15.3 Å². The summed E-state index contributed by atoms with van der Waals surface area (Å²) in [6.07, 6.45) is 5.19. The molecule has 0 unspecified atom stereocenters. The molecule has 144 valence electrons. The van der Waals surface area contributed by atoms with E-state index in [1.807, 2.05) is 19.9 Å². The smallest absolute Gasteiger partial charge is 0.255 e. The third-order valence-corrected chi connectivity index (χ3v) is 4.93. The highest BCUT2D eigenvalue weighted by Crippen LogP contribution is 2.26. The van der Waals surface area contributed by atoms with E-state index in [9.17, 15) is 9.90 Å². The van der Waals surface area contributed by atoms with Gasteiger partial charge in [0.2, 0.25) is 5.95 Å². The van der Waals surface area contributed by atoms with Crippen LogP contribution in [0.5, 0.6) is 5.75 Å². The second-order valence-corrected chi connectivity index (χ2v) is 7.44. The zero-order valence-electron chi connectivity index (χ0n) is 15.9. The van der Waals surface area contributed by atoms with Crippen LogP contribution < -0.4 is 16.4 Å². The largest absolute Gasteiger partial charge is 0.507 e. The predicted octanol–water partition coefficient (Wildman–Crippen LogP) is 2.93. The Labute approximate surface area is 159 Å². The minimum atomic E-state index is -0.355. The summed E-state index contributed by atoms with van der Waals surface area (Å²) in [6, 6.07) is 6.64. The fourth-order valence-electron chi connectivity index (χ4n) is 3.49. The molecule has 7 nitrogen and oxygen atoms in total. The highest BCUT2D eigenvalue weighted by atomic mass is 16.3. The first kappa shape index (κ1) is 19.1. The molecule has 1 fully saturated rings. The maximum Gasteiger partial charge on any atom is 0.255 e. The molecule has 5 N–H and O–H groups in total. The molecule has 1 saturated carbocycles. The Hall–Kier alpha value is -2.67. The van der Waals surface area contributed by atoms with E-state index in [1.165, 1.54) is 12.5 Å². The van der Waals surface area contributed by atoms with Gasteiger partial charge < -0.3 is 21.5 Å². The van der Waals surface area contributed by atoms with Gasteiger partial charge in [-0.15, -0.1) is 0 Å². The highest BCUT2D eigenvalue weighted by molar-refractivity contribution is 5.98. The average molecular weight is 369 g/mol. The third kappa shape index (κ3) is 4.95. The van der Waals surface area contributed by atoms with Gasteiger partial charge in [-0.2, -0.15) is 0 Å². The number of carbonyl (C=O) groups excluding carboxylic acids is 1. The lowest BCUT2D eigenvalue weighted by Crippen LogP contribution is -2.51. The van der Waals surface area contributed by atoms with Gasteiger partial charge in [-0.3, -0.25) is 4.79 Å². The van der Waals surface area contributed by atoms with Crippen molar-refractivity contribution in [2.75, 3.05) is 11.9 Å². The van der Waals surface area contributed by atoms with Crippen molar-refractivity contribution < 1.29 is 9.90 Å². The summed E-state index contributed by atoms with van der Waals surface area (Å²) in [7, 11) is 0. The van der Waals surface area contributed by atoms with E-state index in [-0.39, 0.29) is 22.8 Å². The number of anilines is 2. The van der Waals surface area contributed by atoms with Crippen molar-refractivity contribution in [2.45, 2.75) is 51.5 Å². The second-order valence-electron chi connectivity index (χ2n) is 7.44. The molecule has 0 spiro atoms. The van der Waals surface area contributed by atoms with Gasteiger partial charge in [-0.1, -0.05) is 19.3 Å². The molecule has 1 amide bonds. The number of aromatic hydroxyl groups is 1. The molecule has 0 bridgehead atoms. The average Bonchev–Trinajstić information content (AvgIpc) is 2.61. The van der Waals surface area contributed by atoms with Gasteiger partial charge in [-0.25, -0.2) is 9.97 Å². The van der Waals surface area contributed by atoms with Crippen molar-refractivity contribution in [2.24, 2.45) is 5.73 Å². The molecular formula is C20H27N5O2. The van der Waals surface area contributed by atoms with Crippen molar-refractivity contribution >= 4 is 17.5 Å². The van der Waals surface area contributed by atoms with Crippen molar-refractivity contribution in [3.8, 4) is 5.75 Å². The Bertz CT molecular complexity index is 811. The second kappa shape index (κ2) is 7.92. The molecule has 1 heterocycles. The maximum absolute atomic E-state index is 12.6. The molecule has 7 heteroatoms. The zero-order chi connectivity index (χ0) is 19.4. The fourth-order valence-corrected chi connectivity index (χ4v) is 3.49. The number of amides is 1. The van der Waals surface area contributed by atoms with Gasteiger partial charge in [0.25, 0.3) is 5.91 Å². The van der Waals surface area contributed by atoms with Crippen LogP contribution in [0.3, 0.4) is 0 Å². The summed E-state index contributed by atoms with van der Waals surface area (Å²) >= 11 is 0. The number of hydrogen-bond acceptors (Lipinski definition) is 6. The van der Waals surface area contributed by atoms with Crippen LogP contribution in [0, 0.1) is 13.8 Å². The van der Waals surface area contributed by atoms with Gasteiger partial charge in [0, 0.05) is 29.2 Å². The number of rotatable bonds is 5. The summed E-state index contributed by atoms with van der Waals surface area (Å²) in [6.45, 7) is 4.19. The molecule has 2 aromatic rings. The van der Waals surface area contributed by atoms with Crippen molar-refractivity contribution in [3.63, 3.8) is 0 Å². The van der Waals surface area contributed by atoms with Crippen molar-refractivity contribution in [1.29, 1.82) is 0 Å². The fraction of sp³-hybridized carbons (Fsp3) is 0.450. The van der Waals surface area contributed by atoms with Crippen LogP contribution in [-0.4, -0.2) is 33.1 Å². The van der Waals surface area contributed by atoms with E-state index in [1.54, 1.807) is 12.1 Å². The molecule has 1 aromatic heterocycles. The summed E-state index contributed by atoms with van der Waals surface area (Å²) in [4.78, 5) is 21.2. The predicted molar refractivity (Wildman–Crippen MR) is 105 cm³/mol. The number of nitrogens with zero attached hydrogens (tertiary/aromatic N) is 2. The molecule has 0 atom stereocenters. The Morgan fingerprint density at radius 1 is 1.15 bits per heavy atom. The van der Waals surface area contributed by atoms with Crippen LogP contribution in [0.4, 0.5) is 11.6 Å². The van der Waals surface area contributed by atoms with E-state index in [4.69, 9.17) is 5.73 Å². The number of aryl methyl sites for hydroxylation is 2. The lowest BCUT2D eigenvalue weighted by atomic mass is 9.82. The summed E-state index contributed by atoms with van der Waals surface area (Å²) in [5.41, 5.74) is 8.55. The topological polar surface area (TPSA) is 113 Å². The van der Waals surface area contributed by atoms with E-state index < -0.39 is 0 Å². The molecule has 0 radical (unpaired) electrons. The number of benzene rings is 1. The molecule has 0 aliphatic heterocycles. The summed E-state index contributed by atoms with van der Waals surface area (Å²) < 4.78 is 0. The molecule has 0 saturated heterocycles. The minimum absolute atomic E-state index is 0.0749. The molecule has 1 aliphatic rings. The van der Waals surface area contributed by atoms with Crippen LogP contribution in [0.2, 0.25) is 0 Å². The number of hydrogen-bond donors (Lipinski definition) is 4. The quantitative estimate of drug-likeness (QED) is 0.603. The summed E-state index contributed by atoms with van der Waals surface area (Å²) in [5.74, 6) is 0.0367. The van der Waals surface area contributed by atoms with E-state index in [0.717, 1.165) is 37.1 Å². The Morgan fingerprint density at radius 3 is 2.48 bits per heavy atom. The van der Waals surface area contributed by atoms with Gasteiger partial charge in [-0.05, 0) is 51.0 Å². The van der Waals surface area contributed by atoms with E-state index >= 15 is 0 Å². The SMILES string of the molecule is Cc1cc(C)nc(Nc2ccc(O)c(C(=O)NCC3(N)CCCCC3)c2)n1. The lowest BCUT2D eigenvalue weighted by Gasteiger charge is -2.33. The van der Waals surface area contributed by atoms with E-state index in [0.29, 0.717) is 18.2 Å².